The van der Waals surface area contributed by atoms with Crippen LogP contribution in [0.2, 0.25) is 0 Å². The van der Waals surface area contributed by atoms with Crippen LogP contribution in [-0.2, 0) is 14.6 Å². The SMILES string of the molecule is CCOc1cc2c(cc1OC)C(c1cnc(SC)nc1)=N[C@@H]1CC[C@@H](OS(=O)(=O)O)C[C@H]21. The van der Waals surface area contributed by atoms with Crippen LogP contribution in [-0.4, -0.2) is 60.8 Å². The van der Waals surface area contributed by atoms with Gasteiger partial charge in [-0.2, -0.15) is 8.42 Å². The summed E-state index contributed by atoms with van der Waals surface area (Å²) in [6, 6.07) is 3.77. The predicted octanol–water partition coefficient (Wildman–Crippen LogP) is 3.28. The quantitative estimate of drug-likeness (QED) is 0.362. The summed E-state index contributed by atoms with van der Waals surface area (Å²) in [5.74, 6) is 1.10. The van der Waals surface area contributed by atoms with Crippen molar-refractivity contribution in [3.8, 4) is 11.5 Å². The van der Waals surface area contributed by atoms with Crippen molar-refractivity contribution in [2.24, 2.45) is 4.99 Å². The lowest BCUT2D eigenvalue weighted by atomic mass is 9.74. The Balaban J connectivity index is 1.80. The Morgan fingerprint density at radius 2 is 1.94 bits per heavy atom. The van der Waals surface area contributed by atoms with Gasteiger partial charge in [-0.15, -0.1) is 0 Å². The van der Waals surface area contributed by atoms with Crippen molar-refractivity contribution in [1.82, 2.24) is 9.97 Å². The topological polar surface area (TPSA) is 120 Å². The van der Waals surface area contributed by atoms with Crippen LogP contribution in [0.15, 0.2) is 34.7 Å². The van der Waals surface area contributed by atoms with Gasteiger partial charge in [-0.25, -0.2) is 14.2 Å². The Morgan fingerprint density at radius 3 is 2.56 bits per heavy atom. The summed E-state index contributed by atoms with van der Waals surface area (Å²) < 4.78 is 47.9. The number of aromatic nitrogens is 2. The first-order valence-corrected chi connectivity index (χ1v) is 12.9. The van der Waals surface area contributed by atoms with Crippen LogP contribution >= 0.6 is 11.8 Å². The first-order chi connectivity index (χ1) is 15.3. The minimum Gasteiger partial charge on any atom is -0.493 e. The third-order valence-electron chi connectivity index (χ3n) is 5.69. The van der Waals surface area contributed by atoms with Crippen LogP contribution in [0.1, 0.15) is 48.8 Å². The third kappa shape index (κ3) is 4.75. The molecule has 1 fully saturated rings. The molecule has 2 heterocycles. The maximum atomic E-state index is 11.3. The van der Waals surface area contributed by atoms with Gasteiger partial charge in [0.2, 0.25) is 0 Å². The molecule has 1 aromatic heterocycles. The van der Waals surface area contributed by atoms with Crippen LogP contribution in [0.5, 0.6) is 11.5 Å². The lowest BCUT2D eigenvalue weighted by Gasteiger charge is -2.38. The number of hydrogen-bond donors (Lipinski definition) is 1. The second-order valence-corrected chi connectivity index (χ2v) is 9.41. The number of methoxy groups -OCH3 is 1. The van der Waals surface area contributed by atoms with Crippen molar-refractivity contribution >= 4 is 27.9 Å². The van der Waals surface area contributed by atoms with Gasteiger partial charge in [-0.1, -0.05) is 11.8 Å². The Morgan fingerprint density at radius 1 is 1.19 bits per heavy atom. The second-order valence-electron chi connectivity index (χ2n) is 7.59. The Bertz CT molecular complexity index is 1120. The van der Waals surface area contributed by atoms with Crippen molar-refractivity contribution < 1.29 is 26.6 Å². The Kier molecular flexibility index (Phi) is 6.70. The van der Waals surface area contributed by atoms with Crippen LogP contribution < -0.4 is 9.47 Å². The summed E-state index contributed by atoms with van der Waals surface area (Å²) >= 11 is 1.46. The van der Waals surface area contributed by atoms with E-state index in [0.29, 0.717) is 42.5 Å². The summed E-state index contributed by atoms with van der Waals surface area (Å²) in [5, 5.41) is 0.676. The number of benzene rings is 1. The van der Waals surface area contributed by atoms with E-state index in [1.54, 1.807) is 19.5 Å². The molecule has 1 saturated carbocycles. The van der Waals surface area contributed by atoms with E-state index >= 15 is 0 Å². The highest BCUT2D eigenvalue weighted by Gasteiger charge is 2.39. The first kappa shape index (κ1) is 23.0. The van der Waals surface area contributed by atoms with Crippen molar-refractivity contribution in [3.63, 3.8) is 0 Å². The highest BCUT2D eigenvalue weighted by atomic mass is 32.3. The van der Waals surface area contributed by atoms with Gasteiger partial charge < -0.3 is 9.47 Å². The predicted molar refractivity (Wildman–Crippen MR) is 120 cm³/mol. The van der Waals surface area contributed by atoms with E-state index in [-0.39, 0.29) is 12.0 Å². The molecule has 11 heteroatoms. The third-order valence-corrected chi connectivity index (χ3v) is 6.78. The molecular formula is C21H25N3O6S2. The molecule has 172 valence electrons. The van der Waals surface area contributed by atoms with Crippen molar-refractivity contribution in [3.05, 3.63) is 41.2 Å². The fraction of sp³-hybridized carbons (Fsp3) is 0.476. The van der Waals surface area contributed by atoms with Gasteiger partial charge in [0, 0.05) is 29.4 Å². The zero-order chi connectivity index (χ0) is 22.9. The fourth-order valence-corrected chi connectivity index (χ4v) is 5.22. The number of ether oxygens (including phenoxy) is 2. The van der Waals surface area contributed by atoms with Gasteiger partial charge in [0.25, 0.3) is 0 Å². The number of rotatable bonds is 7. The van der Waals surface area contributed by atoms with E-state index in [2.05, 4.69) is 9.97 Å². The van der Waals surface area contributed by atoms with Gasteiger partial charge in [-0.3, -0.25) is 9.55 Å². The van der Waals surface area contributed by atoms with E-state index in [1.165, 1.54) is 11.8 Å². The summed E-state index contributed by atoms with van der Waals surface area (Å²) in [7, 11) is -2.94. The largest absolute Gasteiger partial charge is 0.493 e. The van der Waals surface area contributed by atoms with E-state index in [0.717, 1.165) is 22.4 Å². The van der Waals surface area contributed by atoms with Crippen LogP contribution in [0.4, 0.5) is 0 Å². The van der Waals surface area contributed by atoms with Gasteiger partial charge in [0.1, 0.15) is 0 Å². The molecule has 1 aliphatic heterocycles. The van der Waals surface area contributed by atoms with Crippen molar-refractivity contribution in [2.75, 3.05) is 20.0 Å². The molecule has 1 N–H and O–H groups in total. The highest BCUT2D eigenvalue weighted by molar-refractivity contribution is 7.98. The molecule has 3 atom stereocenters. The van der Waals surface area contributed by atoms with E-state index in [1.807, 2.05) is 25.3 Å². The van der Waals surface area contributed by atoms with E-state index < -0.39 is 16.5 Å². The minimum atomic E-state index is -4.53. The van der Waals surface area contributed by atoms with Crippen molar-refractivity contribution in [1.29, 1.82) is 0 Å². The molecule has 0 amide bonds. The maximum Gasteiger partial charge on any atom is 0.397 e. The summed E-state index contributed by atoms with van der Waals surface area (Å²) in [6.45, 7) is 2.37. The smallest absolute Gasteiger partial charge is 0.397 e. The fourth-order valence-electron chi connectivity index (χ4n) is 4.39. The van der Waals surface area contributed by atoms with Crippen LogP contribution in [0.3, 0.4) is 0 Å². The molecule has 0 radical (unpaired) electrons. The standard InChI is InChI=1S/C21H25N3O6S2/c1-4-29-19-8-14-15-7-13(30-32(25,26)27)5-6-17(15)24-20(16(14)9-18(19)28-2)12-10-22-21(31-3)23-11-12/h8-11,13,15,17H,4-7H2,1-3H3,(H,25,26,27)/t13-,15-,17-/m1/s1. The Hall–Kier alpha value is -2.21. The average molecular weight is 480 g/mol. The maximum absolute atomic E-state index is 11.3. The molecule has 2 aliphatic rings. The summed E-state index contributed by atoms with van der Waals surface area (Å²) in [4.78, 5) is 13.8. The second kappa shape index (κ2) is 9.34. The van der Waals surface area contributed by atoms with Crippen LogP contribution in [0.25, 0.3) is 0 Å². The molecular weight excluding hydrogens is 454 g/mol. The monoisotopic (exact) mass is 479 g/mol. The summed E-state index contributed by atoms with van der Waals surface area (Å²) in [6.07, 6.45) is 6.33. The lowest BCUT2D eigenvalue weighted by Crippen LogP contribution is -2.36. The molecule has 1 aromatic carbocycles. The van der Waals surface area contributed by atoms with Gasteiger partial charge in [0.05, 0.1) is 31.6 Å². The molecule has 9 nitrogen and oxygen atoms in total. The molecule has 0 bridgehead atoms. The zero-order valence-corrected chi connectivity index (χ0v) is 19.6. The molecule has 0 saturated heterocycles. The lowest BCUT2D eigenvalue weighted by molar-refractivity contribution is 0.124. The zero-order valence-electron chi connectivity index (χ0n) is 18.0. The number of hydrogen-bond acceptors (Lipinski definition) is 9. The molecule has 0 spiro atoms. The molecule has 4 rings (SSSR count). The average Bonchev–Trinajstić information content (AvgIpc) is 2.77. The summed E-state index contributed by atoms with van der Waals surface area (Å²) in [5.41, 5.74) is 3.40. The van der Waals surface area contributed by atoms with Crippen LogP contribution in [0, 0.1) is 0 Å². The number of thioether (sulfide) groups is 1. The van der Waals surface area contributed by atoms with Gasteiger partial charge in [0.15, 0.2) is 16.7 Å². The highest BCUT2D eigenvalue weighted by Crippen LogP contribution is 2.45. The van der Waals surface area contributed by atoms with E-state index in [4.69, 9.17) is 23.2 Å². The number of fused-ring (bicyclic) bond motifs is 3. The number of aliphatic imine (C=N–C) groups is 1. The first-order valence-electron chi connectivity index (χ1n) is 10.3. The Labute approximate surface area is 191 Å². The molecule has 1 aliphatic carbocycles. The van der Waals surface area contributed by atoms with Gasteiger partial charge in [-0.05, 0) is 50.1 Å². The molecule has 2 aromatic rings. The normalized spacial score (nSPS) is 22.5. The van der Waals surface area contributed by atoms with E-state index in [9.17, 15) is 8.42 Å². The molecule has 0 unspecified atom stereocenters. The molecule has 32 heavy (non-hydrogen) atoms. The number of nitrogens with zero attached hydrogens (tertiary/aromatic N) is 3. The minimum absolute atomic E-state index is 0.0677. The van der Waals surface area contributed by atoms with Crippen molar-refractivity contribution in [2.45, 2.75) is 49.4 Å². The van der Waals surface area contributed by atoms with Gasteiger partial charge >= 0.3 is 10.4 Å².